The first-order chi connectivity index (χ1) is 9.41. The molecule has 0 bridgehead atoms. The second kappa shape index (κ2) is 6.03. The summed E-state index contributed by atoms with van der Waals surface area (Å²) in [5.41, 5.74) is 0.246. The second-order valence-electron chi connectivity index (χ2n) is 7.75. The van der Waals surface area contributed by atoms with Gasteiger partial charge in [0.1, 0.15) is 5.54 Å². The van der Waals surface area contributed by atoms with E-state index < -0.39 is 0 Å². The molecule has 3 nitrogen and oxygen atoms in total. The van der Waals surface area contributed by atoms with E-state index in [1.807, 2.05) is 7.05 Å². The van der Waals surface area contributed by atoms with Gasteiger partial charge in [-0.05, 0) is 70.9 Å². The molecule has 2 unspecified atom stereocenters. The molecule has 0 aromatic heterocycles. The molecule has 2 atom stereocenters. The topological polar surface area (TPSA) is 39.1 Å². The molecule has 20 heavy (non-hydrogen) atoms. The van der Waals surface area contributed by atoms with Crippen molar-refractivity contribution in [2.24, 2.45) is 5.41 Å². The van der Waals surface area contributed by atoms with Gasteiger partial charge in [0.15, 0.2) is 0 Å². The summed E-state index contributed by atoms with van der Waals surface area (Å²) in [5.74, 6) is 0. The highest BCUT2D eigenvalue weighted by Gasteiger charge is 2.39. The Hall–Kier alpha value is -0.590. The molecule has 2 saturated carbocycles. The number of nitrogens with one attached hydrogen (secondary N) is 1. The van der Waals surface area contributed by atoms with Gasteiger partial charge in [0.25, 0.3) is 0 Å². The van der Waals surface area contributed by atoms with Crippen LogP contribution >= 0.6 is 0 Å². The van der Waals surface area contributed by atoms with Crippen molar-refractivity contribution in [3.05, 3.63) is 0 Å². The predicted octanol–water partition coefficient (Wildman–Crippen LogP) is 3.31. The minimum atomic E-state index is -0.287. The summed E-state index contributed by atoms with van der Waals surface area (Å²) < 4.78 is 0. The van der Waals surface area contributed by atoms with E-state index in [1.54, 1.807) is 0 Å². The molecule has 0 saturated heterocycles. The second-order valence-corrected chi connectivity index (χ2v) is 7.75. The van der Waals surface area contributed by atoms with Gasteiger partial charge in [-0.25, -0.2) is 0 Å². The highest BCUT2D eigenvalue weighted by molar-refractivity contribution is 5.10. The molecule has 2 aliphatic carbocycles. The quantitative estimate of drug-likeness (QED) is 0.860. The van der Waals surface area contributed by atoms with E-state index in [4.69, 9.17) is 0 Å². The van der Waals surface area contributed by atoms with Gasteiger partial charge in [-0.15, -0.1) is 0 Å². The van der Waals surface area contributed by atoms with Crippen LogP contribution in [0, 0.1) is 16.7 Å². The van der Waals surface area contributed by atoms with Crippen molar-refractivity contribution < 1.29 is 0 Å². The molecule has 0 spiro atoms. The Balaban J connectivity index is 1.96. The van der Waals surface area contributed by atoms with Gasteiger partial charge in [0, 0.05) is 12.1 Å². The Kier molecular flexibility index (Phi) is 4.76. The first-order valence-electron chi connectivity index (χ1n) is 8.23. The van der Waals surface area contributed by atoms with Crippen molar-refractivity contribution in [1.29, 1.82) is 5.26 Å². The van der Waals surface area contributed by atoms with Crippen LogP contribution in [-0.2, 0) is 0 Å². The normalized spacial score (nSPS) is 34.9. The fourth-order valence-electron chi connectivity index (χ4n) is 4.07. The van der Waals surface area contributed by atoms with Crippen LogP contribution in [-0.4, -0.2) is 36.6 Å². The molecule has 3 heteroatoms. The molecule has 1 N–H and O–H groups in total. The maximum absolute atomic E-state index is 9.49. The lowest BCUT2D eigenvalue weighted by molar-refractivity contribution is 0.0636. The number of nitriles is 1. The van der Waals surface area contributed by atoms with E-state index in [-0.39, 0.29) is 5.54 Å². The van der Waals surface area contributed by atoms with Crippen LogP contribution in [0.2, 0.25) is 0 Å². The zero-order valence-corrected chi connectivity index (χ0v) is 13.7. The van der Waals surface area contributed by atoms with E-state index in [2.05, 4.69) is 37.2 Å². The Morgan fingerprint density at radius 3 is 2.30 bits per heavy atom. The Morgan fingerprint density at radius 2 is 1.75 bits per heavy atom. The number of hydrogen-bond donors (Lipinski definition) is 1. The Labute approximate surface area is 124 Å². The average molecular weight is 277 g/mol. The third kappa shape index (κ3) is 3.35. The molecular weight excluding hydrogens is 246 g/mol. The van der Waals surface area contributed by atoms with Crippen molar-refractivity contribution in [1.82, 2.24) is 10.2 Å². The van der Waals surface area contributed by atoms with Crippen molar-refractivity contribution in [2.45, 2.75) is 82.8 Å². The zero-order valence-electron chi connectivity index (χ0n) is 13.7. The zero-order chi connectivity index (χ0) is 14.8. The molecule has 0 aromatic carbocycles. The van der Waals surface area contributed by atoms with E-state index in [0.717, 1.165) is 18.9 Å². The molecular formula is C17H31N3. The van der Waals surface area contributed by atoms with Crippen LogP contribution in [0.15, 0.2) is 0 Å². The Morgan fingerprint density at radius 1 is 1.10 bits per heavy atom. The molecule has 0 amide bonds. The molecule has 114 valence electrons. The standard InChI is InChI=1S/C17H31N3/c1-16(2)10-7-14(8-11-16)20(4)15-6-5-9-17(12-15,13-18)19-3/h14-15,19H,5-12H2,1-4H3. The highest BCUT2D eigenvalue weighted by Crippen LogP contribution is 2.39. The molecule has 2 rings (SSSR count). The van der Waals surface area contributed by atoms with Crippen LogP contribution in [0.3, 0.4) is 0 Å². The summed E-state index contributed by atoms with van der Waals surface area (Å²) in [7, 11) is 4.23. The van der Waals surface area contributed by atoms with Crippen LogP contribution in [0.4, 0.5) is 0 Å². The molecule has 2 aliphatic rings. The number of nitrogens with zero attached hydrogens (tertiary/aromatic N) is 2. The molecule has 0 aliphatic heterocycles. The van der Waals surface area contributed by atoms with Crippen LogP contribution < -0.4 is 5.32 Å². The maximum atomic E-state index is 9.49. The highest BCUT2D eigenvalue weighted by atomic mass is 15.2. The summed E-state index contributed by atoms with van der Waals surface area (Å²) in [6.07, 6.45) is 9.72. The maximum Gasteiger partial charge on any atom is 0.108 e. The van der Waals surface area contributed by atoms with E-state index >= 15 is 0 Å². The van der Waals surface area contributed by atoms with Gasteiger partial charge in [0.05, 0.1) is 6.07 Å². The molecule has 2 fully saturated rings. The Bertz CT molecular complexity index is 361. The van der Waals surface area contributed by atoms with Crippen molar-refractivity contribution >= 4 is 0 Å². The third-order valence-corrected chi connectivity index (χ3v) is 5.88. The third-order valence-electron chi connectivity index (χ3n) is 5.88. The van der Waals surface area contributed by atoms with Gasteiger partial charge >= 0.3 is 0 Å². The number of rotatable bonds is 3. The fourth-order valence-corrected chi connectivity index (χ4v) is 4.07. The summed E-state index contributed by atoms with van der Waals surface area (Å²) in [6.45, 7) is 4.79. The minimum absolute atomic E-state index is 0.287. The monoisotopic (exact) mass is 277 g/mol. The fraction of sp³-hybridized carbons (Fsp3) is 0.941. The minimum Gasteiger partial charge on any atom is -0.302 e. The van der Waals surface area contributed by atoms with E-state index in [0.29, 0.717) is 11.5 Å². The predicted molar refractivity (Wildman–Crippen MR) is 83.5 cm³/mol. The van der Waals surface area contributed by atoms with E-state index in [9.17, 15) is 5.26 Å². The molecule has 0 radical (unpaired) electrons. The molecule has 0 heterocycles. The van der Waals surface area contributed by atoms with Gasteiger partial charge in [-0.3, -0.25) is 0 Å². The van der Waals surface area contributed by atoms with Gasteiger partial charge in [0.2, 0.25) is 0 Å². The summed E-state index contributed by atoms with van der Waals surface area (Å²) in [6, 6.07) is 3.82. The van der Waals surface area contributed by atoms with Crippen LogP contribution in [0.5, 0.6) is 0 Å². The van der Waals surface area contributed by atoms with Crippen molar-refractivity contribution in [3.8, 4) is 6.07 Å². The number of hydrogen-bond acceptors (Lipinski definition) is 3. The molecule has 0 aromatic rings. The lowest BCUT2D eigenvalue weighted by Crippen LogP contribution is -2.53. The van der Waals surface area contributed by atoms with Gasteiger partial charge < -0.3 is 10.2 Å². The summed E-state index contributed by atoms with van der Waals surface area (Å²) in [4.78, 5) is 2.60. The smallest absolute Gasteiger partial charge is 0.108 e. The van der Waals surface area contributed by atoms with Crippen molar-refractivity contribution in [2.75, 3.05) is 14.1 Å². The van der Waals surface area contributed by atoms with Crippen LogP contribution in [0.1, 0.15) is 65.2 Å². The lowest BCUT2D eigenvalue weighted by Gasteiger charge is -2.45. The van der Waals surface area contributed by atoms with E-state index in [1.165, 1.54) is 38.5 Å². The average Bonchev–Trinajstić information content (AvgIpc) is 2.46. The van der Waals surface area contributed by atoms with Gasteiger partial charge in [-0.1, -0.05) is 13.8 Å². The lowest BCUT2D eigenvalue weighted by atomic mass is 9.74. The first kappa shape index (κ1) is 15.8. The van der Waals surface area contributed by atoms with Crippen molar-refractivity contribution in [3.63, 3.8) is 0 Å². The largest absolute Gasteiger partial charge is 0.302 e. The van der Waals surface area contributed by atoms with Gasteiger partial charge in [-0.2, -0.15) is 5.26 Å². The first-order valence-corrected chi connectivity index (χ1v) is 8.23. The summed E-state index contributed by atoms with van der Waals surface area (Å²) >= 11 is 0. The van der Waals surface area contributed by atoms with Crippen LogP contribution in [0.25, 0.3) is 0 Å². The SMILES string of the molecule is CNC1(C#N)CCCC(N(C)C2CCC(C)(C)CC2)C1. The summed E-state index contributed by atoms with van der Waals surface area (Å²) in [5, 5.41) is 12.8.